The molecule has 0 amide bonds. The van der Waals surface area contributed by atoms with Crippen LogP contribution in [0.25, 0.3) is 0 Å². The van der Waals surface area contributed by atoms with Crippen LogP contribution in [0.15, 0.2) is 18.3 Å². The van der Waals surface area contributed by atoms with Gasteiger partial charge in [-0.2, -0.15) is 0 Å². The Morgan fingerprint density at radius 2 is 2.17 bits per heavy atom. The molecule has 0 aliphatic heterocycles. The lowest BCUT2D eigenvalue weighted by Crippen LogP contribution is -2.23. The highest BCUT2D eigenvalue weighted by Gasteiger charge is 2.21. The average Bonchev–Trinajstić information content (AvgIpc) is 2.79. The van der Waals surface area contributed by atoms with E-state index in [1.165, 1.54) is 11.5 Å². The van der Waals surface area contributed by atoms with Crippen LogP contribution in [-0.2, 0) is 0 Å². The van der Waals surface area contributed by atoms with E-state index in [0.29, 0.717) is 5.56 Å². The highest BCUT2D eigenvalue weighted by molar-refractivity contribution is 7.05. The van der Waals surface area contributed by atoms with Crippen molar-refractivity contribution in [3.63, 3.8) is 0 Å². The standard InChI is InChI=1S/C13H16FN3S/c1-4-15-13(11-7-16-17-18-11)12-9(3)5-8(2)6-10(12)14/h5-7,13,15H,4H2,1-3H3. The molecule has 2 rings (SSSR count). The molecule has 2 aromatic rings. The van der Waals surface area contributed by atoms with Gasteiger partial charge < -0.3 is 5.32 Å². The number of benzene rings is 1. The quantitative estimate of drug-likeness (QED) is 0.923. The summed E-state index contributed by atoms with van der Waals surface area (Å²) in [5.41, 5.74) is 2.58. The second-order valence-corrected chi connectivity index (χ2v) is 5.11. The van der Waals surface area contributed by atoms with Crippen LogP contribution < -0.4 is 5.32 Å². The van der Waals surface area contributed by atoms with Gasteiger partial charge in [-0.15, -0.1) is 5.10 Å². The number of nitrogens with zero attached hydrogens (tertiary/aromatic N) is 2. The molecule has 0 spiro atoms. The summed E-state index contributed by atoms with van der Waals surface area (Å²) in [6, 6.07) is 3.40. The molecule has 5 heteroatoms. The molecule has 96 valence electrons. The monoisotopic (exact) mass is 265 g/mol. The van der Waals surface area contributed by atoms with Crippen LogP contribution in [-0.4, -0.2) is 16.1 Å². The predicted molar refractivity (Wildman–Crippen MR) is 71.3 cm³/mol. The van der Waals surface area contributed by atoms with Crippen molar-refractivity contribution in [2.45, 2.75) is 26.8 Å². The molecule has 1 aromatic carbocycles. The minimum Gasteiger partial charge on any atom is -0.306 e. The van der Waals surface area contributed by atoms with Gasteiger partial charge in [-0.25, -0.2) is 4.39 Å². The minimum absolute atomic E-state index is 0.171. The number of halogens is 1. The molecular weight excluding hydrogens is 249 g/mol. The molecule has 1 atom stereocenters. The lowest BCUT2D eigenvalue weighted by molar-refractivity contribution is 0.559. The summed E-state index contributed by atoms with van der Waals surface area (Å²) in [6.07, 6.45) is 1.69. The normalized spacial score (nSPS) is 12.7. The Morgan fingerprint density at radius 1 is 1.39 bits per heavy atom. The van der Waals surface area contributed by atoms with Crippen molar-refractivity contribution in [2.24, 2.45) is 0 Å². The fraction of sp³-hybridized carbons (Fsp3) is 0.385. The number of aromatic nitrogens is 2. The predicted octanol–water partition coefficient (Wildman–Crippen LogP) is 2.99. The maximum absolute atomic E-state index is 14.2. The fourth-order valence-electron chi connectivity index (χ4n) is 2.14. The second-order valence-electron chi connectivity index (χ2n) is 4.29. The Balaban J connectivity index is 2.49. The van der Waals surface area contributed by atoms with E-state index in [1.54, 1.807) is 12.3 Å². The van der Waals surface area contributed by atoms with Crippen LogP contribution in [0, 0.1) is 19.7 Å². The zero-order valence-corrected chi connectivity index (χ0v) is 11.5. The largest absolute Gasteiger partial charge is 0.306 e. The number of nitrogens with one attached hydrogen (secondary N) is 1. The first-order valence-corrected chi connectivity index (χ1v) is 6.68. The van der Waals surface area contributed by atoms with Crippen molar-refractivity contribution in [3.8, 4) is 0 Å². The molecule has 1 N–H and O–H groups in total. The van der Waals surface area contributed by atoms with E-state index in [-0.39, 0.29) is 11.9 Å². The van der Waals surface area contributed by atoms with Crippen molar-refractivity contribution in [2.75, 3.05) is 6.54 Å². The van der Waals surface area contributed by atoms with Gasteiger partial charge in [-0.1, -0.05) is 17.5 Å². The molecular formula is C13H16FN3S. The number of rotatable bonds is 4. The Morgan fingerprint density at radius 3 is 2.72 bits per heavy atom. The third kappa shape index (κ3) is 2.57. The van der Waals surface area contributed by atoms with E-state index >= 15 is 0 Å². The molecule has 0 saturated carbocycles. The molecule has 0 fully saturated rings. The molecule has 0 aliphatic rings. The first kappa shape index (κ1) is 13.1. The van der Waals surface area contributed by atoms with Crippen LogP contribution in [0.1, 0.15) is 34.5 Å². The van der Waals surface area contributed by atoms with Crippen LogP contribution in [0.3, 0.4) is 0 Å². The Bertz CT molecular complexity index is 502. The SMILES string of the molecule is CCNC(c1cnns1)c1c(C)cc(C)cc1F. The van der Waals surface area contributed by atoms with Crippen LogP contribution in [0.4, 0.5) is 4.39 Å². The molecule has 1 heterocycles. The first-order chi connectivity index (χ1) is 8.63. The van der Waals surface area contributed by atoms with Crippen molar-refractivity contribution in [3.05, 3.63) is 45.7 Å². The molecule has 1 aromatic heterocycles. The topological polar surface area (TPSA) is 37.8 Å². The first-order valence-electron chi connectivity index (χ1n) is 5.90. The summed E-state index contributed by atoms with van der Waals surface area (Å²) < 4.78 is 18.1. The van der Waals surface area contributed by atoms with Crippen molar-refractivity contribution >= 4 is 11.5 Å². The van der Waals surface area contributed by atoms with Gasteiger partial charge in [0.25, 0.3) is 0 Å². The van der Waals surface area contributed by atoms with Gasteiger partial charge in [-0.05, 0) is 49.1 Å². The number of hydrogen-bond donors (Lipinski definition) is 1. The summed E-state index contributed by atoms with van der Waals surface area (Å²) >= 11 is 1.30. The van der Waals surface area contributed by atoms with Gasteiger partial charge in [-0.3, -0.25) is 0 Å². The zero-order chi connectivity index (χ0) is 13.1. The van der Waals surface area contributed by atoms with Gasteiger partial charge in [0.05, 0.1) is 17.1 Å². The van der Waals surface area contributed by atoms with Gasteiger partial charge in [0, 0.05) is 5.56 Å². The molecule has 0 radical (unpaired) electrons. The van der Waals surface area contributed by atoms with E-state index in [4.69, 9.17) is 0 Å². The summed E-state index contributed by atoms with van der Waals surface area (Å²) in [5, 5.41) is 7.13. The highest BCUT2D eigenvalue weighted by Crippen LogP contribution is 2.29. The fourth-order valence-corrected chi connectivity index (χ4v) is 2.73. The van der Waals surface area contributed by atoms with E-state index in [9.17, 15) is 4.39 Å². The van der Waals surface area contributed by atoms with E-state index < -0.39 is 0 Å². The van der Waals surface area contributed by atoms with E-state index in [1.807, 2.05) is 26.8 Å². The van der Waals surface area contributed by atoms with Crippen LogP contribution >= 0.6 is 11.5 Å². The Hall–Kier alpha value is -1.33. The van der Waals surface area contributed by atoms with Gasteiger partial charge >= 0.3 is 0 Å². The van der Waals surface area contributed by atoms with E-state index in [0.717, 1.165) is 22.5 Å². The number of hydrogen-bond acceptors (Lipinski definition) is 4. The average molecular weight is 265 g/mol. The zero-order valence-electron chi connectivity index (χ0n) is 10.7. The summed E-state index contributed by atoms with van der Waals surface area (Å²) in [7, 11) is 0. The molecule has 0 aliphatic carbocycles. The molecule has 0 saturated heterocycles. The second kappa shape index (κ2) is 5.54. The van der Waals surface area contributed by atoms with Gasteiger partial charge in [0.2, 0.25) is 0 Å². The van der Waals surface area contributed by atoms with Crippen molar-refractivity contribution < 1.29 is 4.39 Å². The highest BCUT2D eigenvalue weighted by atomic mass is 32.1. The summed E-state index contributed by atoms with van der Waals surface area (Å²) in [4.78, 5) is 0.933. The maximum atomic E-state index is 14.2. The smallest absolute Gasteiger partial charge is 0.128 e. The molecule has 18 heavy (non-hydrogen) atoms. The minimum atomic E-state index is -0.174. The van der Waals surface area contributed by atoms with Crippen molar-refractivity contribution in [1.82, 2.24) is 14.9 Å². The maximum Gasteiger partial charge on any atom is 0.128 e. The number of aryl methyl sites for hydroxylation is 2. The van der Waals surface area contributed by atoms with Gasteiger partial charge in [0.1, 0.15) is 5.82 Å². The molecule has 3 nitrogen and oxygen atoms in total. The van der Waals surface area contributed by atoms with Crippen molar-refractivity contribution in [1.29, 1.82) is 0 Å². The third-order valence-electron chi connectivity index (χ3n) is 2.84. The Labute approximate surface area is 110 Å². The van der Waals surface area contributed by atoms with E-state index in [2.05, 4.69) is 14.9 Å². The third-order valence-corrected chi connectivity index (χ3v) is 3.57. The lowest BCUT2D eigenvalue weighted by Gasteiger charge is -2.19. The Kier molecular flexibility index (Phi) is 4.04. The molecule has 1 unspecified atom stereocenters. The van der Waals surface area contributed by atoms with Gasteiger partial charge in [0.15, 0.2) is 0 Å². The molecule has 0 bridgehead atoms. The van der Waals surface area contributed by atoms with Crippen LogP contribution in [0.5, 0.6) is 0 Å². The summed E-state index contributed by atoms with van der Waals surface area (Å²) in [5.74, 6) is -0.174. The van der Waals surface area contributed by atoms with Crippen LogP contribution in [0.2, 0.25) is 0 Å². The summed E-state index contributed by atoms with van der Waals surface area (Å²) in [6.45, 7) is 6.60. The lowest BCUT2D eigenvalue weighted by atomic mass is 9.97.